The van der Waals surface area contributed by atoms with Crippen LogP contribution >= 0.6 is 0 Å². The van der Waals surface area contributed by atoms with E-state index in [1.165, 1.54) is 141 Å². The minimum atomic E-state index is -0.909. The minimum absolute atomic E-state index is 0.232. The molecule has 0 N–H and O–H groups in total. The van der Waals surface area contributed by atoms with Gasteiger partial charge in [0.25, 0.3) is 0 Å². The van der Waals surface area contributed by atoms with Crippen molar-refractivity contribution >= 4 is 5.97 Å². The molecule has 0 aliphatic rings. The van der Waals surface area contributed by atoms with E-state index in [0.717, 1.165) is 12.8 Å². The SMILES string of the molecule is CCCCCCCCCCCC(=O)[O-].CCCCCCCCCCCCCCCC[n+]1ccccc1. The maximum Gasteiger partial charge on any atom is 0.168 e. The van der Waals surface area contributed by atoms with Crippen LogP contribution in [0.15, 0.2) is 30.6 Å². The standard InChI is InChI=1S/C21H38N.C12H24O2/c1-2-3-4-5-6-7-8-9-10-11-12-13-14-16-19-22-20-17-15-18-21-22;1-2-3-4-5-6-7-8-9-10-11-12(13)14/h15,17-18,20-21H,2-14,16,19H2,1H3;2-11H2,1H3,(H,13,14)/q+1;/p-1. The van der Waals surface area contributed by atoms with Gasteiger partial charge in [-0.3, -0.25) is 0 Å². The molecule has 1 rings (SSSR count). The number of aryl methyl sites for hydroxylation is 1. The molecule has 36 heavy (non-hydrogen) atoms. The van der Waals surface area contributed by atoms with Crippen molar-refractivity contribution in [2.45, 2.75) is 174 Å². The molecule has 3 heteroatoms. The largest absolute Gasteiger partial charge is 0.550 e. The topological polar surface area (TPSA) is 44.0 Å². The summed E-state index contributed by atoms with van der Waals surface area (Å²) in [5, 5.41) is 10.1. The number of carbonyl (C=O) groups excluding carboxylic acids is 1. The average Bonchev–Trinajstić information content (AvgIpc) is 2.89. The van der Waals surface area contributed by atoms with Crippen molar-refractivity contribution in [3.8, 4) is 0 Å². The summed E-state index contributed by atoms with van der Waals surface area (Å²) >= 11 is 0. The molecule has 0 bridgehead atoms. The molecule has 0 saturated heterocycles. The highest BCUT2D eigenvalue weighted by molar-refractivity contribution is 5.64. The van der Waals surface area contributed by atoms with Gasteiger partial charge in [-0.2, -0.15) is 0 Å². The van der Waals surface area contributed by atoms with Gasteiger partial charge in [0, 0.05) is 24.5 Å². The summed E-state index contributed by atoms with van der Waals surface area (Å²) < 4.78 is 2.29. The van der Waals surface area contributed by atoms with Crippen LogP contribution in [0.4, 0.5) is 0 Å². The zero-order valence-corrected chi connectivity index (χ0v) is 24.3. The number of rotatable bonds is 25. The van der Waals surface area contributed by atoms with E-state index >= 15 is 0 Å². The van der Waals surface area contributed by atoms with Crippen molar-refractivity contribution in [2.24, 2.45) is 0 Å². The molecule has 0 fully saturated rings. The number of hydrogen-bond donors (Lipinski definition) is 0. The third-order valence-electron chi connectivity index (χ3n) is 7.03. The lowest BCUT2D eigenvalue weighted by atomic mass is 10.0. The molecule has 0 aliphatic heterocycles. The molecule has 0 saturated carbocycles. The van der Waals surface area contributed by atoms with Crippen molar-refractivity contribution in [3.63, 3.8) is 0 Å². The molecule has 0 aromatic carbocycles. The number of hydrogen-bond acceptors (Lipinski definition) is 2. The third-order valence-corrected chi connectivity index (χ3v) is 7.03. The van der Waals surface area contributed by atoms with Gasteiger partial charge in [-0.15, -0.1) is 0 Å². The number of carboxylic acids is 1. The molecule has 210 valence electrons. The summed E-state index contributed by atoms with van der Waals surface area (Å²) in [6.07, 6.45) is 35.6. The van der Waals surface area contributed by atoms with E-state index in [-0.39, 0.29) is 6.42 Å². The Balaban J connectivity index is 0.000000757. The maximum absolute atomic E-state index is 10.1. The fourth-order valence-corrected chi connectivity index (χ4v) is 4.65. The maximum atomic E-state index is 10.1. The fraction of sp³-hybridized carbons (Fsp3) is 0.818. The lowest BCUT2D eigenvalue weighted by molar-refractivity contribution is -0.697. The Kier molecular flexibility index (Phi) is 28.7. The van der Waals surface area contributed by atoms with Crippen LogP contribution in [-0.4, -0.2) is 5.97 Å². The first-order chi connectivity index (χ1) is 17.7. The Morgan fingerprint density at radius 2 is 0.833 bits per heavy atom. The van der Waals surface area contributed by atoms with Crippen molar-refractivity contribution in [2.75, 3.05) is 0 Å². The summed E-state index contributed by atoms with van der Waals surface area (Å²) in [6.45, 7) is 5.69. The lowest BCUT2D eigenvalue weighted by Crippen LogP contribution is -2.32. The molecule has 3 nitrogen and oxygen atoms in total. The number of aliphatic carboxylic acids is 1. The van der Waals surface area contributed by atoms with Gasteiger partial charge in [0.05, 0.1) is 0 Å². The smallest absolute Gasteiger partial charge is 0.168 e. The molecule has 1 heterocycles. The molecule has 0 aliphatic carbocycles. The number of pyridine rings is 1. The number of unbranched alkanes of at least 4 members (excludes halogenated alkanes) is 21. The van der Waals surface area contributed by atoms with Crippen LogP contribution in [0.25, 0.3) is 0 Å². The average molecular weight is 504 g/mol. The molecule has 0 radical (unpaired) electrons. The predicted octanol–water partition coefficient (Wildman–Crippen LogP) is 9.11. The Hall–Kier alpha value is -1.38. The summed E-state index contributed by atoms with van der Waals surface area (Å²) in [6, 6.07) is 6.31. The van der Waals surface area contributed by atoms with E-state index in [1.807, 2.05) is 0 Å². The van der Waals surface area contributed by atoms with E-state index in [0.29, 0.717) is 0 Å². The predicted molar refractivity (Wildman–Crippen MR) is 154 cm³/mol. The first kappa shape index (κ1) is 34.6. The highest BCUT2D eigenvalue weighted by Gasteiger charge is 1.98. The number of carbonyl (C=O) groups is 1. The number of aromatic nitrogens is 1. The highest BCUT2D eigenvalue weighted by Crippen LogP contribution is 2.13. The normalized spacial score (nSPS) is 10.7. The van der Waals surface area contributed by atoms with Gasteiger partial charge in [0.15, 0.2) is 12.4 Å². The van der Waals surface area contributed by atoms with Gasteiger partial charge < -0.3 is 9.90 Å². The second-order valence-electron chi connectivity index (χ2n) is 10.7. The lowest BCUT2D eigenvalue weighted by Gasteiger charge is -2.02. The second-order valence-corrected chi connectivity index (χ2v) is 10.7. The Labute approximate surface area is 225 Å². The van der Waals surface area contributed by atoms with E-state index in [9.17, 15) is 9.90 Å². The van der Waals surface area contributed by atoms with Crippen molar-refractivity contribution < 1.29 is 14.5 Å². The minimum Gasteiger partial charge on any atom is -0.550 e. The second kappa shape index (κ2) is 29.8. The molecule has 0 unspecified atom stereocenters. The fourth-order valence-electron chi connectivity index (χ4n) is 4.65. The molecule has 0 amide bonds. The zero-order valence-electron chi connectivity index (χ0n) is 24.3. The van der Waals surface area contributed by atoms with E-state index in [1.54, 1.807) is 0 Å². The van der Waals surface area contributed by atoms with Gasteiger partial charge in [0.2, 0.25) is 0 Å². The molecule has 0 atom stereocenters. The van der Waals surface area contributed by atoms with Crippen LogP contribution in [0.5, 0.6) is 0 Å². The van der Waals surface area contributed by atoms with Gasteiger partial charge in [-0.05, 0) is 19.3 Å². The van der Waals surface area contributed by atoms with Crippen LogP contribution in [0.1, 0.15) is 168 Å². The number of nitrogens with zero attached hydrogens (tertiary/aromatic N) is 1. The van der Waals surface area contributed by atoms with E-state index in [4.69, 9.17) is 0 Å². The first-order valence-electron chi connectivity index (χ1n) is 15.8. The quantitative estimate of drug-likeness (QED) is 0.0986. The Bertz CT molecular complexity index is 546. The first-order valence-corrected chi connectivity index (χ1v) is 15.8. The van der Waals surface area contributed by atoms with Crippen LogP contribution in [-0.2, 0) is 11.3 Å². The van der Waals surface area contributed by atoms with Crippen LogP contribution < -0.4 is 9.67 Å². The molecular formula is C33H61NO2. The Morgan fingerprint density at radius 3 is 1.19 bits per heavy atom. The zero-order chi connectivity index (χ0) is 26.4. The monoisotopic (exact) mass is 503 g/mol. The summed E-state index contributed by atoms with van der Waals surface area (Å²) in [7, 11) is 0. The third kappa shape index (κ3) is 28.9. The molecule has 0 spiro atoms. The van der Waals surface area contributed by atoms with Crippen LogP contribution in [0.2, 0.25) is 0 Å². The highest BCUT2D eigenvalue weighted by atomic mass is 16.4. The van der Waals surface area contributed by atoms with Gasteiger partial charge in [-0.1, -0.05) is 148 Å². The molecule has 1 aromatic rings. The van der Waals surface area contributed by atoms with Crippen molar-refractivity contribution in [1.29, 1.82) is 0 Å². The van der Waals surface area contributed by atoms with Gasteiger partial charge >= 0.3 is 0 Å². The van der Waals surface area contributed by atoms with Gasteiger partial charge in [-0.25, -0.2) is 4.57 Å². The van der Waals surface area contributed by atoms with Crippen LogP contribution in [0.3, 0.4) is 0 Å². The summed E-state index contributed by atoms with van der Waals surface area (Å²) in [5.74, 6) is -0.909. The van der Waals surface area contributed by atoms with Gasteiger partial charge in [0.1, 0.15) is 6.54 Å². The van der Waals surface area contributed by atoms with Crippen molar-refractivity contribution in [1.82, 2.24) is 0 Å². The van der Waals surface area contributed by atoms with E-state index < -0.39 is 5.97 Å². The Morgan fingerprint density at radius 1 is 0.500 bits per heavy atom. The summed E-state index contributed by atoms with van der Waals surface area (Å²) in [5.41, 5.74) is 0. The van der Waals surface area contributed by atoms with Crippen LogP contribution in [0, 0.1) is 0 Å². The van der Waals surface area contributed by atoms with Crippen molar-refractivity contribution in [3.05, 3.63) is 30.6 Å². The summed E-state index contributed by atoms with van der Waals surface area (Å²) in [4.78, 5) is 10.1. The molecular weight excluding hydrogens is 442 g/mol. The number of carboxylic acid groups (broad SMARTS) is 1. The van der Waals surface area contributed by atoms with E-state index in [2.05, 4.69) is 49.0 Å². The molecule has 1 aromatic heterocycles.